The number of allylic oxidation sites excluding steroid dienone is 2. The number of carbonyl (C=O) groups is 1. The number of nitrogens with zero attached hydrogens (tertiary/aromatic N) is 2. The zero-order chi connectivity index (χ0) is 18.4. The number of thiazole rings is 1. The fourth-order valence-corrected chi connectivity index (χ4v) is 3.48. The standard InChI is InChI=1S/C20H18N2O3S/c1-14(9-11-19-21-17-7-2-3-8-18(17)26-19)25-20(23)12-10-15-5-4-6-16(13-15)22-24/h2-3,5,7-8,10,12,14,16H,4,6,13H2,1H3/b12-10+/t14-,16?/m1/s1. The Balaban J connectivity index is 1.55. The topological polar surface area (TPSA) is 68.6 Å². The van der Waals surface area contributed by atoms with Gasteiger partial charge in [-0.3, -0.25) is 0 Å². The third-order valence-corrected chi connectivity index (χ3v) is 4.88. The SMILES string of the molecule is C[C@H](C#Cc1nc2ccccc2s1)OC(=O)/C=C/C1=CCCC(N=O)C1. The van der Waals surface area contributed by atoms with Gasteiger partial charge in [0.05, 0.1) is 16.3 Å². The second-order valence-corrected chi connectivity index (χ2v) is 7.02. The minimum atomic E-state index is -0.538. The third kappa shape index (κ3) is 4.87. The molecule has 26 heavy (non-hydrogen) atoms. The predicted octanol–water partition coefficient (Wildman–Crippen LogP) is 4.38. The van der Waals surface area contributed by atoms with Crippen LogP contribution in [0.15, 0.2) is 53.2 Å². The van der Waals surface area contributed by atoms with Crippen molar-refractivity contribution in [1.29, 1.82) is 0 Å². The lowest BCUT2D eigenvalue weighted by Gasteiger charge is -2.14. The van der Waals surface area contributed by atoms with Gasteiger partial charge in [-0.25, -0.2) is 9.78 Å². The molecule has 2 aromatic rings. The molecule has 0 amide bonds. The van der Waals surface area contributed by atoms with Crippen molar-refractivity contribution >= 4 is 27.5 Å². The number of nitroso groups, excluding NO2 is 1. The van der Waals surface area contributed by atoms with Crippen molar-refractivity contribution in [2.24, 2.45) is 5.18 Å². The molecule has 3 rings (SSSR count). The molecule has 0 fully saturated rings. The molecule has 0 radical (unpaired) electrons. The van der Waals surface area contributed by atoms with Crippen LogP contribution in [0.25, 0.3) is 10.2 Å². The van der Waals surface area contributed by atoms with E-state index >= 15 is 0 Å². The number of esters is 1. The molecule has 1 unspecified atom stereocenters. The van der Waals surface area contributed by atoms with Crippen LogP contribution in [0.5, 0.6) is 0 Å². The van der Waals surface area contributed by atoms with E-state index in [9.17, 15) is 9.70 Å². The van der Waals surface area contributed by atoms with Gasteiger partial charge in [0.2, 0.25) is 0 Å². The summed E-state index contributed by atoms with van der Waals surface area (Å²) in [6.07, 6.45) is 6.67. The summed E-state index contributed by atoms with van der Waals surface area (Å²) in [5.74, 6) is 5.39. The Labute approximate surface area is 155 Å². The van der Waals surface area contributed by atoms with E-state index in [1.165, 1.54) is 17.4 Å². The molecule has 2 atom stereocenters. The molecule has 6 heteroatoms. The van der Waals surface area contributed by atoms with E-state index in [0.29, 0.717) is 11.4 Å². The highest BCUT2D eigenvalue weighted by Crippen LogP contribution is 2.22. The van der Waals surface area contributed by atoms with Gasteiger partial charge in [-0.1, -0.05) is 35.4 Å². The van der Waals surface area contributed by atoms with Crippen molar-refractivity contribution in [2.75, 3.05) is 0 Å². The second kappa shape index (κ2) is 8.54. The number of carbonyl (C=O) groups excluding carboxylic acids is 1. The number of hydrogen-bond donors (Lipinski definition) is 0. The van der Waals surface area contributed by atoms with E-state index < -0.39 is 12.1 Å². The quantitative estimate of drug-likeness (QED) is 0.348. The Morgan fingerprint density at radius 2 is 2.31 bits per heavy atom. The minimum Gasteiger partial charge on any atom is -0.446 e. The first-order chi connectivity index (χ1) is 12.6. The number of aromatic nitrogens is 1. The smallest absolute Gasteiger partial charge is 0.331 e. The lowest BCUT2D eigenvalue weighted by molar-refractivity contribution is -0.139. The van der Waals surface area contributed by atoms with Crippen LogP contribution in [0.4, 0.5) is 0 Å². The summed E-state index contributed by atoms with van der Waals surface area (Å²) < 4.78 is 6.33. The highest BCUT2D eigenvalue weighted by molar-refractivity contribution is 7.19. The molecule has 1 aromatic heterocycles. The zero-order valence-electron chi connectivity index (χ0n) is 14.3. The zero-order valence-corrected chi connectivity index (χ0v) is 15.2. The van der Waals surface area contributed by atoms with Gasteiger partial charge >= 0.3 is 5.97 Å². The lowest BCUT2D eigenvalue weighted by atomic mass is 9.95. The maximum atomic E-state index is 11.9. The van der Waals surface area contributed by atoms with E-state index in [1.807, 2.05) is 30.3 Å². The van der Waals surface area contributed by atoms with Gasteiger partial charge in [0, 0.05) is 6.08 Å². The number of ether oxygens (including phenoxy) is 1. The van der Waals surface area contributed by atoms with Crippen LogP contribution in [-0.2, 0) is 9.53 Å². The Kier molecular flexibility index (Phi) is 5.92. The second-order valence-electron chi connectivity index (χ2n) is 5.99. The first-order valence-corrected chi connectivity index (χ1v) is 9.23. The van der Waals surface area contributed by atoms with Crippen molar-refractivity contribution in [1.82, 2.24) is 4.98 Å². The summed E-state index contributed by atoms with van der Waals surface area (Å²) in [6, 6.07) is 7.64. The van der Waals surface area contributed by atoms with Gasteiger partial charge < -0.3 is 4.74 Å². The highest BCUT2D eigenvalue weighted by Gasteiger charge is 2.14. The van der Waals surface area contributed by atoms with Crippen LogP contribution < -0.4 is 0 Å². The molecule has 0 bridgehead atoms. The molecule has 1 aliphatic carbocycles. The first kappa shape index (κ1) is 18.0. The van der Waals surface area contributed by atoms with Gasteiger partial charge in [0.1, 0.15) is 0 Å². The summed E-state index contributed by atoms with van der Waals surface area (Å²) in [5.41, 5.74) is 1.85. The molecular formula is C20H18N2O3S. The van der Waals surface area contributed by atoms with Crippen molar-refractivity contribution < 1.29 is 9.53 Å². The van der Waals surface area contributed by atoms with Gasteiger partial charge in [-0.05, 0) is 49.8 Å². The van der Waals surface area contributed by atoms with Crippen LogP contribution in [0.1, 0.15) is 31.2 Å². The Morgan fingerprint density at radius 3 is 3.12 bits per heavy atom. The normalized spacial score (nSPS) is 18.0. The molecule has 1 aromatic carbocycles. The summed E-state index contributed by atoms with van der Waals surface area (Å²) in [6.45, 7) is 1.72. The first-order valence-electron chi connectivity index (χ1n) is 8.41. The molecule has 0 saturated heterocycles. The molecular weight excluding hydrogens is 348 g/mol. The molecule has 0 saturated carbocycles. The monoisotopic (exact) mass is 366 g/mol. The van der Waals surface area contributed by atoms with Crippen LogP contribution in [0.3, 0.4) is 0 Å². The van der Waals surface area contributed by atoms with Gasteiger partial charge in [-0.15, -0.1) is 11.3 Å². The molecule has 1 aliphatic rings. The number of rotatable bonds is 4. The van der Waals surface area contributed by atoms with Crippen molar-refractivity contribution in [3.8, 4) is 11.8 Å². The predicted molar refractivity (Wildman–Crippen MR) is 103 cm³/mol. The third-order valence-electron chi connectivity index (χ3n) is 3.93. The lowest BCUT2D eigenvalue weighted by Crippen LogP contribution is -2.11. The largest absolute Gasteiger partial charge is 0.446 e. The van der Waals surface area contributed by atoms with Crippen LogP contribution in [0, 0.1) is 16.7 Å². The maximum absolute atomic E-state index is 11.9. The molecule has 0 N–H and O–H groups in total. The number of para-hydroxylation sites is 1. The highest BCUT2D eigenvalue weighted by atomic mass is 32.1. The number of hydrogen-bond acceptors (Lipinski definition) is 6. The minimum absolute atomic E-state index is 0.200. The summed E-state index contributed by atoms with van der Waals surface area (Å²) >= 11 is 1.51. The molecule has 0 aliphatic heterocycles. The van der Waals surface area contributed by atoms with Crippen molar-refractivity contribution in [3.63, 3.8) is 0 Å². The summed E-state index contributed by atoms with van der Waals surface area (Å²) in [7, 11) is 0. The summed E-state index contributed by atoms with van der Waals surface area (Å²) in [5, 5.41) is 3.78. The number of benzene rings is 1. The Bertz CT molecular complexity index is 900. The van der Waals surface area contributed by atoms with Crippen molar-refractivity contribution in [2.45, 2.75) is 38.3 Å². The average Bonchev–Trinajstić information content (AvgIpc) is 3.08. The van der Waals surface area contributed by atoms with E-state index in [1.54, 1.807) is 13.0 Å². The molecule has 0 spiro atoms. The fourth-order valence-electron chi connectivity index (χ4n) is 2.65. The summed E-state index contributed by atoms with van der Waals surface area (Å²) in [4.78, 5) is 26.9. The van der Waals surface area contributed by atoms with Crippen LogP contribution in [0.2, 0.25) is 0 Å². The average molecular weight is 366 g/mol. The van der Waals surface area contributed by atoms with E-state index in [-0.39, 0.29) is 6.04 Å². The van der Waals surface area contributed by atoms with Crippen LogP contribution >= 0.6 is 11.3 Å². The van der Waals surface area contributed by atoms with E-state index in [4.69, 9.17) is 4.74 Å². The molecule has 5 nitrogen and oxygen atoms in total. The Morgan fingerprint density at radius 1 is 1.46 bits per heavy atom. The number of fused-ring (bicyclic) bond motifs is 1. The van der Waals surface area contributed by atoms with E-state index in [0.717, 1.165) is 28.6 Å². The van der Waals surface area contributed by atoms with Gasteiger partial charge in [0.15, 0.2) is 11.1 Å². The Hall–Kier alpha value is -2.78. The fraction of sp³-hybridized carbons (Fsp3) is 0.300. The van der Waals surface area contributed by atoms with Gasteiger partial charge in [0.25, 0.3) is 0 Å². The maximum Gasteiger partial charge on any atom is 0.331 e. The van der Waals surface area contributed by atoms with Crippen molar-refractivity contribution in [3.05, 3.63) is 58.0 Å². The molecule has 1 heterocycles. The van der Waals surface area contributed by atoms with Gasteiger partial charge in [-0.2, -0.15) is 4.91 Å². The molecule has 132 valence electrons. The van der Waals surface area contributed by atoms with E-state index in [2.05, 4.69) is 22.0 Å². The van der Waals surface area contributed by atoms with Crippen LogP contribution in [-0.4, -0.2) is 23.1 Å².